The summed E-state index contributed by atoms with van der Waals surface area (Å²) in [6, 6.07) is 15.5. The molecule has 0 aliphatic carbocycles. The predicted molar refractivity (Wildman–Crippen MR) is 90.1 cm³/mol. The number of halogens is 1. The van der Waals surface area contributed by atoms with Crippen molar-refractivity contribution in [1.82, 2.24) is 0 Å². The van der Waals surface area contributed by atoms with E-state index < -0.39 is 0 Å². The maximum atomic E-state index is 9.10. The summed E-state index contributed by atoms with van der Waals surface area (Å²) in [5.41, 5.74) is 2.23. The molecule has 2 aromatic carbocycles. The first kappa shape index (κ1) is 16.2. The van der Waals surface area contributed by atoms with Gasteiger partial charge in [0.25, 0.3) is 0 Å². The Labute approximate surface area is 135 Å². The molecule has 1 N–H and O–H groups in total. The lowest BCUT2D eigenvalue weighted by Crippen LogP contribution is -1.98. The number of ether oxygens (including phenoxy) is 1. The molecule has 21 heavy (non-hydrogen) atoms. The van der Waals surface area contributed by atoms with Crippen LogP contribution < -0.4 is 4.74 Å². The Kier molecular flexibility index (Phi) is 6.93. The number of aliphatic hydroxyl groups is 1. The summed E-state index contributed by atoms with van der Waals surface area (Å²) in [6.07, 6.45) is 1.01. The molecule has 0 saturated carbocycles. The molecular weight excluding hydrogens is 304 g/mol. The van der Waals surface area contributed by atoms with Gasteiger partial charge in [-0.3, -0.25) is 0 Å². The van der Waals surface area contributed by atoms with Crippen LogP contribution in [0.15, 0.2) is 48.5 Å². The van der Waals surface area contributed by atoms with Gasteiger partial charge < -0.3 is 9.84 Å². The molecule has 0 aliphatic rings. The van der Waals surface area contributed by atoms with Crippen LogP contribution in [0.4, 0.5) is 0 Å². The van der Waals surface area contributed by atoms with Crippen LogP contribution in [-0.4, -0.2) is 17.5 Å². The molecule has 0 bridgehead atoms. The third-order valence-corrected chi connectivity index (χ3v) is 4.32. The summed E-state index contributed by atoms with van der Waals surface area (Å²) >= 11 is 7.70. The largest absolute Gasteiger partial charge is 0.494 e. The van der Waals surface area contributed by atoms with Gasteiger partial charge >= 0.3 is 0 Å². The first-order chi connectivity index (χ1) is 10.3. The lowest BCUT2D eigenvalue weighted by atomic mass is 10.1. The second-order valence-electron chi connectivity index (χ2n) is 4.69. The molecule has 2 nitrogen and oxygen atoms in total. The first-order valence-electron chi connectivity index (χ1n) is 6.93. The summed E-state index contributed by atoms with van der Waals surface area (Å²) in [5.74, 6) is 2.88. The number of rotatable bonds is 8. The van der Waals surface area contributed by atoms with Gasteiger partial charge in [-0.2, -0.15) is 11.8 Å². The van der Waals surface area contributed by atoms with E-state index in [1.165, 1.54) is 5.56 Å². The summed E-state index contributed by atoms with van der Waals surface area (Å²) < 4.78 is 5.64. The Morgan fingerprint density at radius 3 is 2.57 bits per heavy atom. The zero-order valence-electron chi connectivity index (χ0n) is 11.8. The van der Waals surface area contributed by atoms with Crippen molar-refractivity contribution in [3.63, 3.8) is 0 Å². The standard InChI is InChI=1S/C17H19ClO2S/c18-16-5-7-17(8-6-16)20-9-2-10-21-13-15-4-1-3-14(11-15)12-19/h1,3-8,11,19H,2,9-10,12-13H2. The van der Waals surface area contributed by atoms with Crippen LogP contribution in [0.5, 0.6) is 5.75 Å². The van der Waals surface area contributed by atoms with E-state index >= 15 is 0 Å². The topological polar surface area (TPSA) is 29.5 Å². The molecule has 112 valence electrons. The van der Waals surface area contributed by atoms with E-state index in [-0.39, 0.29) is 6.61 Å². The molecular formula is C17H19ClO2S. The average molecular weight is 323 g/mol. The van der Waals surface area contributed by atoms with Gasteiger partial charge in [-0.15, -0.1) is 0 Å². The van der Waals surface area contributed by atoms with Crippen molar-refractivity contribution in [2.24, 2.45) is 0 Å². The van der Waals surface area contributed by atoms with E-state index in [4.69, 9.17) is 21.4 Å². The van der Waals surface area contributed by atoms with Crippen LogP contribution >= 0.6 is 23.4 Å². The molecule has 0 spiro atoms. The van der Waals surface area contributed by atoms with Gasteiger partial charge in [-0.05, 0) is 47.6 Å². The number of hydrogen-bond donors (Lipinski definition) is 1. The quantitative estimate of drug-likeness (QED) is 0.724. The van der Waals surface area contributed by atoms with Crippen LogP contribution in [0, 0.1) is 0 Å². The molecule has 2 aromatic rings. The van der Waals surface area contributed by atoms with E-state index in [0.717, 1.165) is 34.3 Å². The highest BCUT2D eigenvalue weighted by atomic mass is 35.5. The minimum absolute atomic E-state index is 0.105. The fourth-order valence-electron chi connectivity index (χ4n) is 1.89. The van der Waals surface area contributed by atoms with Gasteiger partial charge in [0, 0.05) is 10.8 Å². The maximum Gasteiger partial charge on any atom is 0.119 e. The zero-order chi connectivity index (χ0) is 14.9. The lowest BCUT2D eigenvalue weighted by molar-refractivity contribution is 0.282. The van der Waals surface area contributed by atoms with Gasteiger partial charge in [-0.25, -0.2) is 0 Å². The van der Waals surface area contributed by atoms with Crippen molar-refractivity contribution in [1.29, 1.82) is 0 Å². The van der Waals surface area contributed by atoms with Gasteiger partial charge in [0.15, 0.2) is 0 Å². The molecule has 4 heteroatoms. The Morgan fingerprint density at radius 1 is 1.05 bits per heavy atom. The van der Waals surface area contributed by atoms with Crippen LogP contribution in [0.25, 0.3) is 0 Å². The average Bonchev–Trinajstić information content (AvgIpc) is 2.52. The minimum Gasteiger partial charge on any atom is -0.494 e. The van der Waals surface area contributed by atoms with Gasteiger partial charge in [-0.1, -0.05) is 35.9 Å². The predicted octanol–water partition coefficient (Wildman–Crippen LogP) is 4.53. The molecule has 0 heterocycles. The highest BCUT2D eigenvalue weighted by Gasteiger charge is 1.97. The normalized spacial score (nSPS) is 10.6. The molecule has 0 amide bonds. The van der Waals surface area contributed by atoms with Gasteiger partial charge in [0.1, 0.15) is 5.75 Å². The molecule has 0 aromatic heterocycles. The summed E-state index contributed by atoms with van der Waals surface area (Å²) in [6.45, 7) is 0.818. The van der Waals surface area contributed by atoms with Gasteiger partial charge in [0.05, 0.1) is 13.2 Å². The smallest absolute Gasteiger partial charge is 0.119 e. The lowest BCUT2D eigenvalue weighted by Gasteiger charge is -2.06. The number of aliphatic hydroxyl groups excluding tert-OH is 1. The summed E-state index contributed by atoms with van der Waals surface area (Å²) in [7, 11) is 0. The highest BCUT2D eigenvalue weighted by molar-refractivity contribution is 7.98. The monoisotopic (exact) mass is 322 g/mol. The number of benzene rings is 2. The molecule has 0 unspecified atom stereocenters. The van der Waals surface area contributed by atoms with Crippen molar-refractivity contribution in [2.75, 3.05) is 12.4 Å². The minimum atomic E-state index is 0.105. The molecule has 0 aliphatic heterocycles. The van der Waals surface area contributed by atoms with Crippen molar-refractivity contribution >= 4 is 23.4 Å². The second kappa shape index (κ2) is 8.98. The SMILES string of the molecule is OCc1cccc(CSCCCOc2ccc(Cl)cc2)c1. The fourth-order valence-corrected chi connectivity index (χ4v) is 2.90. The summed E-state index contributed by atoms with van der Waals surface area (Å²) in [4.78, 5) is 0. The number of hydrogen-bond acceptors (Lipinski definition) is 3. The van der Waals surface area contributed by atoms with E-state index in [2.05, 4.69) is 12.1 Å². The second-order valence-corrected chi connectivity index (χ2v) is 6.23. The zero-order valence-corrected chi connectivity index (χ0v) is 13.4. The molecule has 2 rings (SSSR count). The van der Waals surface area contributed by atoms with E-state index in [0.29, 0.717) is 6.61 Å². The molecule has 0 atom stereocenters. The van der Waals surface area contributed by atoms with Crippen molar-refractivity contribution < 1.29 is 9.84 Å². The van der Waals surface area contributed by atoms with Gasteiger partial charge in [0.2, 0.25) is 0 Å². The Morgan fingerprint density at radius 2 is 1.81 bits per heavy atom. The van der Waals surface area contributed by atoms with E-state index in [1.54, 1.807) is 0 Å². The van der Waals surface area contributed by atoms with Crippen LogP contribution in [-0.2, 0) is 12.4 Å². The van der Waals surface area contributed by atoms with Crippen LogP contribution in [0.3, 0.4) is 0 Å². The van der Waals surface area contributed by atoms with Crippen molar-refractivity contribution in [3.8, 4) is 5.75 Å². The first-order valence-corrected chi connectivity index (χ1v) is 8.46. The van der Waals surface area contributed by atoms with E-state index in [9.17, 15) is 0 Å². The Balaban J connectivity index is 1.60. The third-order valence-electron chi connectivity index (χ3n) is 2.96. The van der Waals surface area contributed by atoms with Crippen molar-refractivity contribution in [3.05, 3.63) is 64.7 Å². The fraction of sp³-hybridized carbons (Fsp3) is 0.294. The molecule has 0 radical (unpaired) electrons. The van der Waals surface area contributed by atoms with Crippen LogP contribution in [0.1, 0.15) is 17.5 Å². The molecule has 0 fully saturated rings. The maximum absolute atomic E-state index is 9.10. The summed E-state index contributed by atoms with van der Waals surface area (Å²) in [5, 5.41) is 9.82. The number of thioether (sulfide) groups is 1. The Hall–Kier alpha value is -1.16. The Bertz CT molecular complexity index is 543. The van der Waals surface area contributed by atoms with Crippen molar-refractivity contribution in [2.45, 2.75) is 18.8 Å². The van der Waals surface area contributed by atoms with E-state index in [1.807, 2.05) is 48.2 Å². The van der Waals surface area contributed by atoms with Crippen LogP contribution in [0.2, 0.25) is 5.02 Å². The molecule has 0 saturated heterocycles. The highest BCUT2D eigenvalue weighted by Crippen LogP contribution is 2.17. The third kappa shape index (κ3) is 6.00.